The molecule has 2 unspecified atom stereocenters. The number of hydrogen-bond donors (Lipinski definition) is 2. The molecule has 0 aromatic heterocycles. The lowest BCUT2D eigenvalue weighted by Gasteiger charge is -2.26. The monoisotopic (exact) mass is 273 g/mol. The lowest BCUT2D eigenvalue weighted by atomic mass is 9.89. The van der Waals surface area contributed by atoms with Gasteiger partial charge in [0.1, 0.15) is 0 Å². The standard InChI is InChI=1S/C14H27NO4/c1-4-6-8-11(3)12(13(16)17)10-15(14(18)19)9-7-5-2/h11-12H,4-10H2,1-3H3,(H,16,17)(H,18,19). The molecule has 5 heteroatoms. The highest BCUT2D eigenvalue weighted by molar-refractivity contribution is 5.72. The van der Waals surface area contributed by atoms with Gasteiger partial charge in [0.2, 0.25) is 0 Å². The molecular formula is C14H27NO4. The van der Waals surface area contributed by atoms with E-state index in [1.54, 1.807) is 0 Å². The van der Waals surface area contributed by atoms with Crippen molar-refractivity contribution >= 4 is 12.1 Å². The first-order chi connectivity index (χ1) is 8.93. The van der Waals surface area contributed by atoms with Crippen LogP contribution in [0.4, 0.5) is 4.79 Å². The highest BCUT2D eigenvalue weighted by Gasteiger charge is 2.28. The van der Waals surface area contributed by atoms with Gasteiger partial charge in [0.25, 0.3) is 0 Å². The second-order valence-electron chi connectivity index (χ2n) is 5.15. The van der Waals surface area contributed by atoms with Crippen molar-refractivity contribution in [1.29, 1.82) is 0 Å². The number of carboxylic acid groups (broad SMARTS) is 2. The van der Waals surface area contributed by atoms with Crippen LogP contribution in [-0.4, -0.2) is 40.3 Å². The zero-order chi connectivity index (χ0) is 14.8. The van der Waals surface area contributed by atoms with Crippen molar-refractivity contribution in [2.75, 3.05) is 13.1 Å². The number of hydrogen-bond acceptors (Lipinski definition) is 2. The van der Waals surface area contributed by atoms with Gasteiger partial charge < -0.3 is 15.1 Å². The third-order valence-electron chi connectivity index (χ3n) is 3.49. The second kappa shape index (κ2) is 9.64. The molecule has 0 aromatic rings. The molecular weight excluding hydrogens is 246 g/mol. The molecule has 0 rings (SSSR count). The Labute approximate surface area is 115 Å². The summed E-state index contributed by atoms with van der Waals surface area (Å²) in [5, 5.41) is 18.4. The molecule has 5 nitrogen and oxygen atoms in total. The van der Waals surface area contributed by atoms with Gasteiger partial charge in [-0.05, 0) is 18.8 Å². The predicted molar refractivity (Wildman–Crippen MR) is 74.3 cm³/mol. The van der Waals surface area contributed by atoms with Crippen LogP contribution in [0.15, 0.2) is 0 Å². The summed E-state index contributed by atoms with van der Waals surface area (Å²) in [7, 11) is 0. The van der Waals surface area contributed by atoms with Crippen LogP contribution in [-0.2, 0) is 4.79 Å². The van der Waals surface area contributed by atoms with E-state index in [0.29, 0.717) is 6.54 Å². The zero-order valence-electron chi connectivity index (χ0n) is 12.3. The molecule has 0 heterocycles. The molecule has 0 radical (unpaired) electrons. The number of unbranched alkanes of at least 4 members (excludes halogenated alkanes) is 2. The van der Waals surface area contributed by atoms with E-state index in [1.165, 1.54) is 4.90 Å². The van der Waals surface area contributed by atoms with Crippen molar-refractivity contribution in [3.63, 3.8) is 0 Å². The summed E-state index contributed by atoms with van der Waals surface area (Å²) >= 11 is 0. The van der Waals surface area contributed by atoms with Gasteiger partial charge in [0, 0.05) is 13.1 Å². The lowest BCUT2D eigenvalue weighted by molar-refractivity contribution is -0.144. The number of carboxylic acids is 1. The molecule has 0 aliphatic carbocycles. The van der Waals surface area contributed by atoms with Gasteiger partial charge >= 0.3 is 12.1 Å². The fourth-order valence-electron chi connectivity index (χ4n) is 2.08. The minimum absolute atomic E-state index is 0.000858. The molecule has 2 atom stereocenters. The Morgan fingerprint density at radius 2 is 1.68 bits per heavy atom. The third-order valence-corrected chi connectivity index (χ3v) is 3.49. The maximum Gasteiger partial charge on any atom is 0.407 e. The van der Waals surface area contributed by atoms with Crippen molar-refractivity contribution in [1.82, 2.24) is 4.90 Å². The van der Waals surface area contributed by atoms with Crippen LogP contribution >= 0.6 is 0 Å². The number of carbonyl (C=O) groups is 2. The minimum atomic E-state index is -1.03. The van der Waals surface area contributed by atoms with E-state index < -0.39 is 18.0 Å². The van der Waals surface area contributed by atoms with Gasteiger partial charge in [-0.3, -0.25) is 4.79 Å². The topological polar surface area (TPSA) is 77.8 Å². The molecule has 0 spiro atoms. The average molecular weight is 273 g/mol. The molecule has 0 aliphatic rings. The molecule has 1 amide bonds. The van der Waals surface area contributed by atoms with Crippen LogP contribution in [0.3, 0.4) is 0 Å². The Morgan fingerprint density at radius 1 is 1.11 bits per heavy atom. The van der Waals surface area contributed by atoms with E-state index in [9.17, 15) is 14.7 Å². The smallest absolute Gasteiger partial charge is 0.407 e. The van der Waals surface area contributed by atoms with Gasteiger partial charge in [-0.25, -0.2) is 4.79 Å². The van der Waals surface area contributed by atoms with Crippen molar-refractivity contribution in [3.8, 4) is 0 Å². The first-order valence-electron chi connectivity index (χ1n) is 7.14. The van der Waals surface area contributed by atoms with Gasteiger partial charge in [0.15, 0.2) is 0 Å². The van der Waals surface area contributed by atoms with Crippen molar-refractivity contribution in [2.45, 2.75) is 52.9 Å². The maximum absolute atomic E-state index is 11.3. The van der Waals surface area contributed by atoms with Crippen LogP contribution in [0, 0.1) is 11.8 Å². The summed E-state index contributed by atoms with van der Waals surface area (Å²) in [4.78, 5) is 23.7. The molecule has 0 saturated carbocycles. The molecule has 0 saturated heterocycles. The molecule has 2 N–H and O–H groups in total. The first-order valence-corrected chi connectivity index (χ1v) is 7.14. The molecule has 0 aromatic carbocycles. The normalized spacial score (nSPS) is 13.8. The number of rotatable bonds is 10. The third kappa shape index (κ3) is 7.03. The van der Waals surface area contributed by atoms with E-state index in [1.807, 2.05) is 13.8 Å². The highest BCUT2D eigenvalue weighted by Crippen LogP contribution is 2.20. The lowest BCUT2D eigenvalue weighted by Crippen LogP contribution is -2.40. The summed E-state index contributed by atoms with van der Waals surface area (Å²) in [6.45, 7) is 6.45. The van der Waals surface area contributed by atoms with Crippen molar-refractivity contribution in [3.05, 3.63) is 0 Å². The van der Waals surface area contributed by atoms with Crippen LogP contribution in [0.2, 0.25) is 0 Å². The predicted octanol–water partition coefficient (Wildman–Crippen LogP) is 3.29. The van der Waals surface area contributed by atoms with Gasteiger partial charge in [-0.2, -0.15) is 0 Å². The molecule has 112 valence electrons. The van der Waals surface area contributed by atoms with Crippen LogP contribution < -0.4 is 0 Å². The Bertz CT molecular complexity index is 281. The quantitative estimate of drug-likeness (QED) is 0.640. The number of nitrogens with zero attached hydrogens (tertiary/aromatic N) is 1. The van der Waals surface area contributed by atoms with Crippen molar-refractivity contribution in [2.24, 2.45) is 11.8 Å². The first kappa shape index (κ1) is 17.7. The van der Waals surface area contributed by atoms with Gasteiger partial charge in [-0.1, -0.05) is 40.0 Å². The van der Waals surface area contributed by atoms with Crippen LogP contribution in [0.25, 0.3) is 0 Å². The van der Waals surface area contributed by atoms with E-state index in [-0.39, 0.29) is 12.5 Å². The average Bonchev–Trinajstić information content (AvgIpc) is 2.35. The van der Waals surface area contributed by atoms with Crippen LogP contribution in [0.1, 0.15) is 52.9 Å². The number of amides is 1. The van der Waals surface area contributed by atoms with Crippen LogP contribution in [0.5, 0.6) is 0 Å². The van der Waals surface area contributed by atoms with Crippen molar-refractivity contribution < 1.29 is 19.8 Å². The van der Waals surface area contributed by atoms with Gasteiger partial charge in [-0.15, -0.1) is 0 Å². The summed E-state index contributed by atoms with van der Waals surface area (Å²) in [6.07, 6.45) is 3.47. The number of aliphatic carboxylic acids is 1. The largest absolute Gasteiger partial charge is 0.481 e. The SMILES string of the molecule is CCCCC(C)C(CN(CCCC)C(=O)O)C(=O)O. The summed E-state index contributed by atoms with van der Waals surface area (Å²) < 4.78 is 0. The minimum Gasteiger partial charge on any atom is -0.481 e. The summed E-state index contributed by atoms with van der Waals surface area (Å²) in [6, 6.07) is 0. The van der Waals surface area contributed by atoms with E-state index in [2.05, 4.69) is 6.92 Å². The van der Waals surface area contributed by atoms with E-state index >= 15 is 0 Å². The Balaban J connectivity index is 4.59. The molecule has 0 aliphatic heterocycles. The Kier molecular flexibility index (Phi) is 9.00. The molecule has 0 bridgehead atoms. The Morgan fingerprint density at radius 3 is 2.11 bits per heavy atom. The zero-order valence-corrected chi connectivity index (χ0v) is 12.3. The Hall–Kier alpha value is -1.26. The molecule has 0 fully saturated rings. The van der Waals surface area contributed by atoms with E-state index in [4.69, 9.17) is 5.11 Å². The fraction of sp³-hybridized carbons (Fsp3) is 0.857. The highest BCUT2D eigenvalue weighted by atomic mass is 16.4. The fourth-order valence-corrected chi connectivity index (χ4v) is 2.08. The summed E-state index contributed by atoms with van der Waals surface area (Å²) in [5.41, 5.74) is 0. The van der Waals surface area contributed by atoms with Gasteiger partial charge in [0.05, 0.1) is 5.92 Å². The molecule has 19 heavy (non-hydrogen) atoms. The second-order valence-corrected chi connectivity index (χ2v) is 5.15. The van der Waals surface area contributed by atoms with E-state index in [0.717, 1.165) is 32.1 Å². The summed E-state index contributed by atoms with van der Waals surface area (Å²) in [5.74, 6) is -1.51. The maximum atomic E-state index is 11.3.